The Balaban J connectivity index is 1.59. The number of nitrogens with one attached hydrogen (secondary N) is 2. The van der Waals surface area contributed by atoms with Gasteiger partial charge in [0, 0.05) is 13.1 Å². The van der Waals surface area contributed by atoms with Crippen LogP contribution in [0.15, 0.2) is 53.1 Å². The standard InChI is InChI=1S/C16H19N3O2/c1-19(11-13-8-5-9-21-13)16(20)15-10-14(17-18-15)12-6-3-2-4-7-12/h2-9,14-15,17-18H,10-11H2,1H3. The predicted octanol–water partition coefficient (Wildman–Crippen LogP) is 1.85. The highest BCUT2D eigenvalue weighted by Gasteiger charge is 2.31. The van der Waals surface area contributed by atoms with Gasteiger partial charge in [0.15, 0.2) is 0 Å². The third-order valence-electron chi connectivity index (χ3n) is 3.75. The quantitative estimate of drug-likeness (QED) is 0.900. The second kappa shape index (κ2) is 6.11. The molecular weight excluding hydrogens is 266 g/mol. The number of hydrogen-bond acceptors (Lipinski definition) is 4. The second-order valence-electron chi connectivity index (χ2n) is 5.31. The summed E-state index contributed by atoms with van der Waals surface area (Å²) in [4.78, 5) is 14.1. The molecule has 1 amide bonds. The summed E-state index contributed by atoms with van der Waals surface area (Å²) < 4.78 is 5.28. The van der Waals surface area contributed by atoms with Crippen molar-refractivity contribution in [2.45, 2.75) is 25.0 Å². The lowest BCUT2D eigenvalue weighted by Gasteiger charge is -2.19. The average Bonchev–Trinajstić information content (AvgIpc) is 3.18. The third kappa shape index (κ3) is 3.15. The molecule has 21 heavy (non-hydrogen) atoms. The Kier molecular flexibility index (Phi) is 4.03. The van der Waals surface area contributed by atoms with Crippen molar-refractivity contribution in [3.63, 3.8) is 0 Å². The van der Waals surface area contributed by atoms with E-state index in [1.54, 1.807) is 18.2 Å². The van der Waals surface area contributed by atoms with Crippen molar-refractivity contribution in [2.24, 2.45) is 0 Å². The molecule has 2 aromatic rings. The van der Waals surface area contributed by atoms with Crippen molar-refractivity contribution in [1.29, 1.82) is 0 Å². The SMILES string of the molecule is CN(Cc1ccco1)C(=O)C1CC(c2ccccc2)NN1. The summed E-state index contributed by atoms with van der Waals surface area (Å²) in [5.74, 6) is 0.855. The maximum absolute atomic E-state index is 12.4. The summed E-state index contributed by atoms with van der Waals surface area (Å²) in [6.45, 7) is 0.486. The fourth-order valence-corrected chi connectivity index (χ4v) is 2.60. The van der Waals surface area contributed by atoms with Crippen molar-refractivity contribution >= 4 is 5.91 Å². The summed E-state index contributed by atoms with van der Waals surface area (Å²) >= 11 is 0. The lowest BCUT2D eigenvalue weighted by Crippen LogP contribution is -2.43. The molecule has 5 nitrogen and oxygen atoms in total. The van der Waals surface area contributed by atoms with Gasteiger partial charge in [0.25, 0.3) is 0 Å². The minimum absolute atomic E-state index is 0.0670. The molecule has 0 bridgehead atoms. The van der Waals surface area contributed by atoms with Crippen LogP contribution < -0.4 is 10.9 Å². The van der Waals surface area contributed by atoms with E-state index in [0.29, 0.717) is 6.54 Å². The van der Waals surface area contributed by atoms with Crippen LogP contribution in [0.1, 0.15) is 23.8 Å². The average molecular weight is 285 g/mol. The lowest BCUT2D eigenvalue weighted by molar-refractivity contribution is -0.132. The van der Waals surface area contributed by atoms with E-state index in [1.807, 2.05) is 30.3 Å². The van der Waals surface area contributed by atoms with E-state index in [0.717, 1.165) is 12.2 Å². The number of carbonyl (C=O) groups excluding carboxylic acids is 1. The Morgan fingerprint density at radius 1 is 1.24 bits per heavy atom. The molecule has 1 saturated heterocycles. The summed E-state index contributed by atoms with van der Waals surface area (Å²) in [5, 5.41) is 0. The smallest absolute Gasteiger partial charge is 0.241 e. The monoisotopic (exact) mass is 285 g/mol. The van der Waals surface area contributed by atoms with Gasteiger partial charge in [0.1, 0.15) is 11.8 Å². The lowest BCUT2D eigenvalue weighted by atomic mass is 10.0. The van der Waals surface area contributed by atoms with Crippen LogP contribution in [-0.2, 0) is 11.3 Å². The number of hydrogen-bond donors (Lipinski definition) is 2. The van der Waals surface area contributed by atoms with Crippen molar-refractivity contribution in [3.05, 3.63) is 60.1 Å². The van der Waals surface area contributed by atoms with E-state index < -0.39 is 0 Å². The number of benzene rings is 1. The van der Waals surface area contributed by atoms with E-state index in [-0.39, 0.29) is 18.0 Å². The number of rotatable bonds is 4. The van der Waals surface area contributed by atoms with Crippen molar-refractivity contribution < 1.29 is 9.21 Å². The molecule has 0 radical (unpaired) electrons. The van der Waals surface area contributed by atoms with E-state index in [9.17, 15) is 4.79 Å². The van der Waals surface area contributed by atoms with E-state index >= 15 is 0 Å². The Morgan fingerprint density at radius 3 is 2.76 bits per heavy atom. The highest BCUT2D eigenvalue weighted by Crippen LogP contribution is 2.22. The molecule has 1 aliphatic rings. The highest BCUT2D eigenvalue weighted by molar-refractivity contribution is 5.82. The van der Waals surface area contributed by atoms with Gasteiger partial charge in [-0.05, 0) is 24.1 Å². The normalized spacial score (nSPS) is 21.4. The number of carbonyl (C=O) groups is 1. The molecule has 0 saturated carbocycles. The van der Waals surface area contributed by atoms with Gasteiger partial charge in [0.05, 0.1) is 12.8 Å². The van der Waals surface area contributed by atoms with E-state index in [1.165, 1.54) is 5.56 Å². The summed E-state index contributed by atoms with van der Waals surface area (Å²) in [7, 11) is 1.79. The van der Waals surface area contributed by atoms with Crippen LogP contribution in [0.25, 0.3) is 0 Å². The molecule has 2 unspecified atom stereocenters. The third-order valence-corrected chi connectivity index (χ3v) is 3.75. The second-order valence-corrected chi connectivity index (χ2v) is 5.31. The van der Waals surface area contributed by atoms with Gasteiger partial charge >= 0.3 is 0 Å². The van der Waals surface area contributed by atoms with Crippen LogP contribution in [0.4, 0.5) is 0 Å². The fraction of sp³-hybridized carbons (Fsp3) is 0.312. The summed E-state index contributed by atoms with van der Waals surface area (Å²) in [6, 6.07) is 13.8. The van der Waals surface area contributed by atoms with Gasteiger partial charge in [-0.25, -0.2) is 10.9 Å². The maximum atomic E-state index is 12.4. The number of furan rings is 1. The number of hydrazine groups is 1. The summed E-state index contributed by atoms with van der Waals surface area (Å²) in [5.41, 5.74) is 7.48. The molecule has 1 aromatic carbocycles. The Hall–Kier alpha value is -2.11. The minimum Gasteiger partial charge on any atom is -0.467 e. The molecule has 1 aromatic heterocycles. The molecule has 0 aliphatic carbocycles. The number of amides is 1. The van der Waals surface area contributed by atoms with Crippen LogP contribution in [0.3, 0.4) is 0 Å². The van der Waals surface area contributed by atoms with Crippen LogP contribution in [0.2, 0.25) is 0 Å². The molecule has 0 spiro atoms. The highest BCUT2D eigenvalue weighted by atomic mass is 16.3. The first-order valence-electron chi connectivity index (χ1n) is 7.07. The van der Waals surface area contributed by atoms with Crippen molar-refractivity contribution in [1.82, 2.24) is 15.8 Å². The van der Waals surface area contributed by atoms with Crippen LogP contribution in [-0.4, -0.2) is 23.9 Å². The first kappa shape index (κ1) is 13.9. The zero-order valence-corrected chi connectivity index (χ0v) is 12.0. The molecule has 1 fully saturated rings. The van der Waals surface area contributed by atoms with Gasteiger partial charge in [-0.2, -0.15) is 0 Å². The molecular formula is C16H19N3O2. The zero-order valence-electron chi connectivity index (χ0n) is 12.0. The Bertz CT molecular complexity index is 583. The molecule has 1 aliphatic heterocycles. The first-order chi connectivity index (χ1) is 10.2. The van der Waals surface area contributed by atoms with E-state index in [4.69, 9.17) is 4.42 Å². The zero-order chi connectivity index (χ0) is 14.7. The van der Waals surface area contributed by atoms with Crippen LogP contribution in [0.5, 0.6) is 0 Å². The predicted molar refractivity (Wildman–Crippen MR) is 79.0 cm³/mol. The van der Waals surface area contributed by atoms with Gasteiger partial charge in [-0.3, -0.25) is 4.79 Å². The van der Waals surface area contributed by atoms with Crippen molar-refractivity contribution in [2.75, 3.05) is 7.05 Å². The Morgan fingerprint density at radius 2 is 2.05 bits per heavy atom. The Labute approximate surface area is 123 Å². The maximum Gasteiger partial charge on any atom is 0.241 e. The molecule has 110 valence electrons. The topological polar surface area (TPSA) is 57.5 Å². The number of likely N-dealkylation sites (N-methyl/N-ethyl adjacent to an activating group) is 1. The molecule has 2 N–H and O–H groups in total. The fourth-order valence-electron chi connectivity index (χ4n) is 2.60. The molecule has 3 rings (SSSR count). The van der Waals surface area contributed by atoms with Crippen molar-refractivity contribution in [3.8, 4) is 0 Å². The van der Waals surface area contributed by atoms with Crippen LogP contribution in [0, 0.1) is 0 Å². The van der Waals surface area contributed by atoms with Crippen LogP contribution >= 0.6 is 0 Å². The molecule has 2 atom stereocenters. The minimum atomic E-state index is -0.213. The number of nitrogens with zero attached hydrogens (tertiary/aromatic N) is 1. The largest absolute Gasteiger partial charge is 0.467 e. The molecule has 5 heteroatoms. The van der Waals surface area contributed by atoms with Gasteiger partial charge in [-0.15, -0.1) is 0 Å². The van der Waals surface area contributed by atoms with Gasteiger partial charge < -0.3 is 9.32 Å². The first-order valence-corrected chi connectivity index (χ1v) is 7.07. The van der Waals surface area contributed by atoms with E-state index in [2.05, 4.69) is 23.0 Å². The molecule has 2 heterocycles. The van der Waals surface area contributed by atoms with Gasteiger partial charge in [-0.1, -0.05) is 30.3 Å². The summed E-state index contributed by atoms with van der Waals surface area (Å²) in [6.07, 6.45) is 2.36. The van der Waals surface area contributed by atoms with Gasteiger partial charge in [0.2, 0.25) is 5.91 Å².